The molecule has 39 heavy (non-hydrogen) atoms. The van der Waals surface area contributed by atoms with Crippen LogP contribution in [0.4, 0.5) is 0 Å². The second-order valence-electron chi connectivity index (χ2n) is 9.62. The third kappa shape index (κ3) is 34.7. The lowest BCUT2D eigenvalue weighted by Crippen LogP contribution is -2.15. The Hall–Kier alpha value is -1.26. The van der Waals surface area contributed by atoms with Gasteiger partial charge in [-0.1, -0.05) is 84.0 Å². The van der Waals surface area contributed by atoms with Crippen LogP contribution in [-0.2, 0) is 42.7 Å². The smallest absolute Gasteiger partial charge is 0.305 e. The number of carbonyl (C=O) groups excluding carboxylic acids is 2. The third-order valence-corrected chi connectivity index (χ3v) is 6.00. The standard InChI is InChI=1S/C30H58O9/c1-3-4-5-6-7-8-9-10-11-12-13-14-15-16-30(32)39-28-26-37-24-22-35-20-18-33-17-19-34-21-23-36-25-27-38-29(2)31/h3-28H2,1-2H3. The Balaban J connectivity index is 3.15. The zero-order valence-electron chi connectivity index (χ0n) is 25.1. The lowest BCUT2D eigenvalue weighted by Gasteiger charge is -2.08. The van der Waals surface area contributed by atoms with Gasteiger partial charge in [0.05, 0.1) is 66.1 Å². The number of ether oxygens (including phenoxy) is 7. The van der Waals surface area contributed by atoms with Gasteiger partial charge in [-0.3, -0.25) is 9.59 Å². The fraction of sp³-hybridized carbons (Fsp3) is 0.933. The maximum Gasteiger partial charge on any atom is 0.305 e. The monoisotopic (exact) mass is 562 g/mol. The number of hydrogen-bond acceptors (Lipinski definition) is 9. The average Bonchev–Trinajstić information content (AvgIpc) is 2.92. The molecule has 0 rings (SSSR count). The van der Waals surface area contributed by atoms with Crippen molar-refractivity contribution >= 4 is 11.9 Å². The lowest BCUT2D eigenvalue weighted by atomic mass is 10.0. The molecule has 0 heterocycles. The van der Waals surface area contributed by atoms with Gasteiger partial charge in [0.1, 0.15) is 13.2 Å². The molecule has 0 aliphatic rings. The minimum atomic E-state index is -0.309. The Bertz CT molecular complexity index is 517. The second kappa shape index (κ2) is 32.9. The Morgan fingerprint density at radius 3 is 1.08 bits per heavy atom. The van der Waals surface area contributed by atoms with Crippen LogP contribution >= 0.6 is 0 Å². The Morgan fingerprint density at radius 1 is 0.410 bits per heavy atom. The maximum absolute atomic E-state index is 11.8. The second-order valence-corrected chi connectivity index (χ2v) is 9.62. The summed E-state index contributed by atoms with van der Waals surface area (Å²) in [6.45, 7) is 8.70. The molecule has 9 nitrogen and oxygen atoms in total. The third-order valence-electron chi connectivity index (χ3n) is 6.00. The molecule has 9 heteroatoms. The normalized spacial score (nSPS) is 11.1. The molecular weight excluding hydrogens is 504 g/mol. The summed E-state index contributed by atoms with van der Waals surface area (Å²) in [4.78, 5) is 22.4. The average molecular weight is 563 g/mol. The van der Waals surface area contributed by atoms with Gasteiger partial charge < -0.3 is 33.2 Å². The first kappa shape index (κ1) is 37.7. The van der Waals surface area contributed by atoms with Crippen molar-refractivity contribution in [2.24, 2.45) is 0 Å². The van der Waals surface area contributed by atoms with E-state index < -0.39 is 0 Å². The van der Waals surface area contributed by atoms with Crippen molar-refractivity contribution in [1.82, 2.24) is 0 Å². The largest absolute Gasteiger partial charge is 0.463 e. The minimum absolute atomic E-state index is 0.133. The van der Waals surface area contributed by atoms with Crippen LogP contribution < -0.4 is 0 Å². The molecule has 0 unspecified atom stereocenters. The van der Waals surface area contributed by atoms with E-state index in [9.17, 15) is 9.59 Å². The molecule has 0 bridgehead atoms. The fourth-order valence-electron chi connectivity index (χ4n) is 3.80. The summed E-state index contributed by atoms with van der Waals surface area (Å²) in [7, 11) is 0. The molecule has 0 aromatic rings. The molecule has 232 valence electrons. The maximum atomic E-state index is 11.8. The zero-order valence-corrected chi connectivity index (χ0v) is 25.1. The summed E-state index contributed by atoms with van der Waals surface area (Å²) in [5.74, 6) is -0.442. The molecule has 0 saturated carbocycles. The van der Waals surface area contributed by atoms with Crippen molar-refractivity contribution in [3.63, 3.8) is 0 Å². The predicted octanol–water partition coefficient (Wildman–Crippen LogP) is 5.66. The van der Waals surface area contributed by atoms with Crippen molar-refractivity contribution in [2.75, 3.05) is 79.3 Å². The van der Waals surface area contributed by atoms with Gasteiger partial charge in [0.25, 0.3) is 0 Å². The summed E-state index contributed by atoms with van der Waals surface area (Å²) in [6, 6.07) is 0. The molecule has 0 spiro atoms. The fourth-order valence-corrected chi connectivity index (χ4v) is 3.80. The van der Waals surface area contributed by atoms with Gasteiger partial charge in [0.2, 0.25) is 0 Å². The molecular formula is C30H58O9. The van der Waals surface area contributed by atoms with E-state index in [0.29, 0.717) is 72.5 Å². The van der Waals surface area contributed by atoms with Crippen LogP contribution in [0.3, 0.4) is 0 Å². The van der Waals surface area contributed by atoms with E-state index in [1.807, 2.05) is 0 Å². The summed E-state index contributed by atoms with van der Waals surface area (Å²) in [5.41, 5.74) is 0. The van der Waals surface area contributed by atoms with Gasteiger partial charge >= 0.3 is 11.9 Å². The molecule has 0 amide bonds. The summed E-state index contributed by atoms with van der Waals surface area (Å²) in [6.07, 6.45) is 17.3. The molecule has 0 atom stereocenters. The topological polar surface area (TPSA) is 98.8 Å². The number of unbranched alkanes of at least 4 members (excludes halogenated alkanes) is 12. The molecule has 0 aromatic heterocycles. The van der Waals surface area contributed by atoms with Crippen LogP contribution in [0.1, 0.15) is 104 Å². The van der Waals surface area contributed by atoms with E-state index in [2.05, 4.69) is 6.92 Å². The van der Waals surface area contributed by atoms with Crippen LogP contribution in [0, 0.1) is 0 Å². The quantitative estimate of drug-likeness (QED) is 0.0760. The van der Waals surface area contributed by atoms with Gasteiger partial charge in [0.15, 0.2) is 0 Å². The highest BCUT2D eigenvalue weighted by molar-refractivity contribution is 5.69. The highest BCUT2D eigenvalue weighted by Gasteiger charge is 2.03. The first-order chi connectivity index (χ1) is 19.2. The number of carbonyl (C=O) groups is 2. The van der Waals surface area contributed by atoms with Crippen LogP contribution in [0.25, 0.3) is 0 Å². The number of hydrogen-bond donors (Lipinski definition) is 0. The highest BCUT2D eigenvalue weighted by atomic mass is 16.6. The molecule has 0 fully saturated rings. The Kier molecular flexibility index (Phi) is 31.9. The van der Waals surface area contributed by atoms with Gasteiger partial charge in [-0.25, -0.2) is 0 Å². The van der Waals surface area contributed by atoms with E-state index >= 15 is 0 Å². The van der Waals surface area contributed by atoms with Gasteiger partial charge in [0, 0.05) is 13.3 Å². The summed E-state index contributed by atoms with van der Waals surface area (Å²) < 4.78 is 36.9. The van der Waals surface area contributed by atoms with E-state index in [0.717, 1.165) is 12.8 Å². The van der Waals surface area contributed by atoms with Crippen molar-refractivity contribution < 1.29 is 42.7 Å². The molecule has 0 N–H and O–H groups in total. The SMILES string of the molecule is CCCCCCCCCCCCCCCC(=O)OCCOCCOCCOCCOCCOCCOC(C)=O. The van der Waals surface area contributed by atoms with Crippen LogP contribution in [0.15, 0.2) is 0 Å². The number of rotatable bonds is 32. The molecule has 0 saturated heterocycles. The zero-order chi connectivity index (χ0) is 28.5. The van der Waals surface area contributed by atoms with E-state index in [1.165, 1.54) is 77.6 Å². The van der Waals surface area contributed by atoms with Gasteiger partial charge in [-0.15, -0.1) is 0 Å². The van der Waals surface area contributed by atoms with E-state index in [1.54, 1.807) is 0 Å². The van der Waals surface area contributed by atoms with Gasteiger partial charge in [-0.2, -0.15) is 0 Å². The lowest BCUT2D eigenvalue weighted by molar-refractivity contribution is -0.145. The van der Waals surface area contributed by atoms with E-state index in [-0.39, 0.29) is 25.2 Å². The van der Waals surface area contributed by atoms with Gasteiger partial charge in [-0.05, 0) is 6.42 Å². The molecule has 0 aliphatic carbocycles. The van der Waals surface area contributed by atoms with Crippen molar-refractivity contribution in [1.29, 1.82) is 0 Å². The summed E-state index contributed by atoms with van der Waals surface area (Å²) in [5, 5.41) is 0. The molecule has 0 aliphatic heterocycles. The van der Waals surface area contributed by atoms with Crippen LogP contribution in [0.2, 0.25) is 0 Å². The molecule has 0 aromatic carbocycles. The minimum Gasteiger partial charge on any atom is -0.463 e. The van der Waals surface area contributed by atoms with Crippen LogP contribution in [0.5, 0.6) is 0 Å². The van der Waals surface area contributed by atoms with Crippen molar-refractivity contribution in [2.45, 2.75) is 104 Å². The van der Waals surface area contributed by atoms with Crippen molar-refractivity contribution in [3.05, 3.63) is 0 Å². The first-order valence-electron chi connectivity index (χ1n) is 15.3. The number of esters is 2. The van der Waals surface area contributed by atoms with Crippen LogP contribution in [-0.4, -0.2) is 91.2 Å². The first-order valence-corrected chi connectivity index (χ1v) is 15.3. The Morgan fingerprint density at radius 2 is 0.718 bits per heavy atom. The van der Waals surface area contributed by atoms with Crippen molar-refractivity contribution in [3.8, 4) is 0 Å². The summed E-state index contributed by atoms with van der Waals surface area (Å²) >= 11 is 0. The molecule has 0 radical (unpaired) electrons. The van der Waals surface area contributed by atoms with E-state index in [4.69, 9.17) is 33.2 Å². The predicted molar refractivity (Wildman–Crippen MR) is 152 cm³/mol. The Labute approximate surface area is 237 Å². The highest BCUT2D eigenvalue weighted by Crippen LogP contribution is 2.13.